The van der Waals surface area contributed by atoms with Crippen molar-refractivity contribution in [3.63, 3.8) is 0 Å². The molecule has 70 valence electrons. The van der Waals surface area contributed by atoms with Crippen LogP contribution >= 0.6 is 0 Å². The van der Waals surface area contributed by atoms with Gasteiger partial charge in [-0.25, -0.2) is 4.79 Å². The molecule has 0 radical (unpaired) electrons. The maximum absolute atomic E-state index is 10.4. The Kier molecular flexibility index (Phi) is 3.33. The van der Waals surface area contributed by atoms with Crippen molar-refractivity contribution in [1.82, 2.24) is 0 Å². The van der Waals surface area contributed by atoms with Crippen LogP contribution < -0.4 is 0 Å². The van der Waals surface area contributed by atoms with Gasteiger partial charge in [0, 0.05) is 0 Å². The number of hydrogen-bond donors (Lipinski definition) is 2. The number of carbonyl (C=O) groups is 1. The van der Waals surface area contributed by atoms with Gasteiger partial charge in [0.25, 0.3) is 0 Å². The van der Waals surface area contributed by atoms with Crippen LogP contribution in [0.3, 0.4) is 0 Å². The first-order valence-corrected chi connectivity index (χ1v) is 4.21. The first-order valence-electron chi connectivity index (χ1n) is 3.74. The second-order valence-electron chi connectivity index (χ2n) is 2.61. The lowest BCUT2D eigenvalue weighted by Crippen LogP contribution is -2.26. The van der Waals surface area contributed by atoms with E-state index in [-0.39, 0.29) is 0 Å². The highest BCUT2D eigenvalue weighted by Gasteiger charge is 2.16. The Morgan fingerprint density at radius 2 is 1.85 bits per heavy atom. The van der Waals surface area contributed by atoms with Crippen LogP contribution in [-0.2, 0) is 17.4 Å². The summed E-state index contributed by atoms with van der Waals surface area (Å²) in [4.78, 5) is 10.4. The van der Waals surface area contributed by atoms with Crippen LogP contribution in [0.5, 0.6) is 0 Å². The number of aliphatic hydroxyl groups excluding tert-OH is 1. The van der Waals surface area contributed by atoms with Gasteiger partial charge in [-0.2, -0.15) is 0 Å². The number of carboxylic acid groups (broad SMARTS) is 1. The van der Waals surface area contributed by atoms with E-state index in [2.05, 4.69) is 0 Å². The van der Waals surface area contributed by atoms with Crippen molar-refractivity contribution in [3.8, 4) is 0 Å². The number of hydrogen-bond acceptors (Lipinski definition) is 3. The molecule has 0 aliphatic heterocycles. The Morgan fingerprint density at radius 1 is 1.31 bits per heavy atom. The topological polar surface area (TPSA) is 57.5 Å². The SMILES string of the molecule is O=C(O)C(O)C([S-])c1ccccc1. The van der Waals surface area contributed by atoms with Crippen LogP contribution in [0.4, 0.5) is 0 Å². The highest BCUT2D eigenvalue weighted by molar-refractivity contribution is 7.59. The second-order valence-corrected chi connectivity index (χ2v) is 3.12. The van der Waals surface area contributed by atoms with E-state index in [0.717, 1.165) is 0 Å². The van der Waals surface area contributed by atoms with Crippen LogP contribution in [0.2, 0.25) is 0 Å². The lowest BCUT2D eigenvalue weighted by molar-refractivity contribution is -0.146. The molecule has 4 heteroatoms. The minimum atomic E-state index is -1.52. The number of aliphatic carboxylic acids is 1. The predicted octanol–water partition coefficient (Wildman–Crippen LogP) is 0.720. The van der Waals surface area contributed by atoms with E-state index >= 15 is 0 Å². The van der Waals surface area contributed by atoms with Gasteiger partial charge in [-0.05, 0) is 0 Å². The molecule has 0 aliphatic rings. The smallest absolute Gasteiger partial charge is 0.331 e. The van der Waals surface area contributed by atoms with Gasteiger partial charge in [0.15, 0.2) is 0 Å². The average molecular weight is 197 g/mol. The Labute approximate surface area is 81.4 Å². The minimum absolute atomic E-state index is 0.646. The molecule has 0 saturated carbocycles. The normalized spacial score (nSPS) is 14.9. The van der Waals surface area contributed by atoms with Crippen molar-refractivity contribution in [3.05, 3.63) is 35.9 Å². The molecule has 3 nitrogen and oxygen atoms in total. The van der Waals surface area contributed by atoms with Gasteiger partial charge >= 0.3 is 5.97 Å². The van der Waals surface area contributed by atoms with E-state index in [9.17, 15) is 4.79 Å². The van der Waals surface area contributed by atoms with E-state index < -0.39 is 17.3 Å². The molecule has 0 heterocycles. The molecule has 2 unspecified atom stereocenters. The summed E-state index contributed by atoms with van der Waals surface area (Å²) in [7, 11) is 0. The summed E-state index contributed by atoms with van der Waals surface area (Å²) in [6.45, 7) is 0. The van der Waals surface area contributed by atoms with Crippen LogP contribution in [0.25, 0.3) is 0 Å². The van der Waals surface area contributed by atoms with E-state index in [1.54, 1.807) is 30.3 Å². The number of benzene rings is 1. The van der Waals surface area contributed by atoms with Crippen LogP contribution in [0.1, 0.15) is 10.8 Å². The molecule has 2 N–H and O–H groups in total. The maximum Gasteiger partial charge on any atom is 0.331 e. The van der Waals surface area contributed by atoms with Gasteiger partial charge in [-0.1, -0.05) is 35.9 Å². The summed E-state index contributed by atoms with van der Waals surface area (Å²) in [5, 5.41) is 16.8. The molecule has 1 aromatic carbocycles. The van der Waals surface area contributed by atoms with Gasteiger partial charge in [0.2, 0.25) is 0 Å². The van der Waals surface area contributed by atoms with Gasteiger partial charge in [0.1, 0.15) is 6.10 Å². The first-order chi connectivity index (χ1) is 6.13. The molecule has 13 heavy (non-hydrogen) atoms. The zero-order valence-corrected chi connectivity index (χ0v) is 7.57. The quantitative estimate of drug-likeness (QED) is 0.701. The molecule has 0 fully saturated rings. The van der Waals surface area contributed by atoms with Crippen LogP contribution in [0, 0.1) is 0 Å². The van der Waals surface area contributed by atoms with E-state index in [0.29, 0.717) is 5.56 Å². The summed E-state index contributed by atoms with van der Waals surface area (Å²) in [6, 6.07) is 8.71. The van der Waals surface area contributed by atoms with E-state index in [1.165, 1.54) is 0 Å². The standard InChI is InChI=1S/C9H10O3S/c10-7(9(11)12)8(13)6-4-2-1-3-5-6/h1-5,7-8,10,13H,(H,11,12)/p-1. The fourth-order valence-corrected chi connectivity index (χ4v) is 1.23. The summed E-state index contributed by atoms with van der Waals surface area (Å²) in [5.41, 5.74) is 0.646. The highest BCUT2D eigenvalue weighted by Crippen LogP contribution is 2.17. The largest absolute Gasteiger partial charge is 0.782 e. The summed E-state index contributed by atoms with van der Waals surface area (Å²) in [5.74, 6) is -1.29. The summed E-state index contributed by atoms with van der Waals surface area (Å²) in [6.07, 6.45) is -1.52. The molecular formula is C9H9O3S-. The highest BCUT2D eigenvalue weighted by atomic mass is 32.1. The molecule has 2 atom stereocenters. The van der Waals surface area contributed by atoms with Gasteiger partial charge in [-0.15, -0.1) is 5.25 Å². The monoisotopic (exact) mass is 197 g/mol. The van der Waals surface area contributed by atoms with E-state index in [1.807, 2.05) is 0 Å². The average Bonchev–Trinajstić information content (AvgIpc) is 2.17. The molecule has 0 bridgehead atoms. The Morgan fingerprint density at radius 3 is 2.31 bits per heavy atom. The van der Waals surface area contributed by atoms with Crippen molar-refractivity contribution in [2.24, 2.45) is 0 Å². The Bertz CT molecular complexity index is 286. The van der Waals surface area contributed by atoms with Gasteiger partial charge < -0.3 is 22.8 Å². The number of carboxylic acids is 1. The molecule has 0 spiro atoms. The van der Waals surface area contributed by atoms with Gasteiger partial charge in [0.05, 0.1) is 0 Å². The molecule has 0 saturated heterocycles. The Balaban J connectivity index is 2.79. The van der Waals surface area contributed by atoms with Gasteiger partial charge in [-0.3, -0.25) is 0 Å². The molecule has 0 aromatic heterocycles. The van der Waals surface area contributed by atoms with Crippen molar-refractivity contribution >= 4 is 18.6 Å². The van der Waals surface area contributed by atoms with Crippen molar-refractivity contribution in [1.29, 1.82) is 0 Å². The summed E-state index contributed by atoms with van der Waals surface area (Å²) < 4.78 is 0. The molecule has 0 aliphatic carbocycles. The zero-order valence-electron chi connectivity index (χ0n) is 6.75. The number of rotatable bonds is 3. The molecule has 1 rings (SSSR count). The van der Waals surface area contributed by atoms with Crippen LogP contribution in [-0.4, -0.2) is 22.3 Å². The van der Waals surface area contributed by atoms with Crippen molar-refractivity contribution in [2.45, 2.75) is 11.4 Å². The predicted molar refractivity (Wildman–Crippen MR) is 50.2 cm³/mol. The molecular weight excluding hydrogens is 188 g/mol. The second kappa shape index (κ2) is 4.30. The third-order valence-electron chi connectivity index (χ3n) is 1.67. The van der Waals surface area contributed by atoms with Crippen molar-refractivity contribution < 1.29 is 15.0 Å². The first kappa shape index (κ1) is 10.1. The lowest BCUT2D eigenvalue weighted by Gasteiger charge is -2.25. The third-order valence-corrected chi connectivity index (χ3v) is 2.20. The Hall–Kier alpha value is -1.00. The lowest BCUT2D eigenvalue weighted by atomic mass is 10.1. The fourth-order valence-electron chi connectivity index (χ4n) is 0.955. The van der Waals surface area contributed by atoms with Crippen molar-refractivity contribution in [2.75, 3.05) is 0 Å². The minimum Gasteiger partial charge on any atom is -0.782 e. The third kappa shape index (κ3) is 2.47. The maximum atomic E-state index is 10.4. The zero-order chi connectivity index (χ0) is 9.84. The van der Waals surface area contributed by atoms with E-state index in [4.69, 9.17) is 22.8 Å². The molecule has 0 amide bonds. The van der Waals surface area contributed by atoms with Crippen LogP contribution in [0.15, 0.2) is 30.3 Å². The molecule has 1 aromatic rings. The number of aliphatic hydroxyl groups is 1. The fraction of sp³-hybridized carbons (Fsp3) is 0.222. The summed E-state index contributed by atoms with van der Waals surface area (Å²) >= 11 is 4.87.